The summed E-state index contributed by atoms with van der Waals surface area (Å²) < 4.78 is 14.2. The lowest BCUT2D eigenvalue weighted by molar-refractivity contribution is -0.914. The van der Waals surface area contributed by atoms with Gasteiger partial charge in [0.25, 0.3) is 0 Å². The number of unbranched alkanes of at least 4 members (excludes halogenated alkanes) is 2. The average molecular weight is 407 g/mol. The Hall–Kier alpha value is -0.230. The normalized spacial score (nSPS) is 24.4. The van der Waals surface area contributed by atoms with Gasteiger partial charge in [0, 0.05) is 0 Å². The topological polar surface area (TPSA) is 17.1 Å². The number of likely N-dealkylation sites (tertiary alicyclic amines) is 1. The molecule has 1 atom stereocenters. The Balaban J connectivity index is 0.00000220. The van der Waals surface area contributed by atoms with Crippen LogP contribution in [-0.2, 0) is 4.79 Å². The van der Waals surface area contributed by atoms with Crippen LogP contribution in [0.3, 0.4) is 0 Å². The van der Waals surface area contributed by atoms with E-state index in [9.17, 15) is 9.18 Å². The van der Waals surface area contributed by atoms with Gasteiger partial charge in [-0.3, -0.25) is 4.79 Å². The summed E-state index contributed by atoms with van der Waals surface area (Å²) in [4.78, 5) is 11.2. The van der Waals surface area contributed by atoms with Crippen LogP contribution in [0.4, 0.5) is 4.39 Å². The molecule has 0 radical (unpaired) electrons. The fourth-order valence-corrected chi connectivity index (χ4v) is 3.27. The number of hydrogen-bond acceptors (Lipinski definition) is 1. The zero-order valence-corrected chi connectivity index (χ0v) is 15.1. The zero-order valence-electron chi connectivity index (χ0n) is 13.0. The summed E-state index contributed by atoms with van der Waals surface area (Å²) in [5.41, 5.74) is 0.988. The summed E-state index contributed by atoms with van der Waals surface area (Å²) in [5, 5.41) is 0. The van der Waals surface area contributed by atoms with Gasteiger partial charge in [0.05, 0.1) is 26.7 Å². The molecule has 120 valence electrons. The number of hydrogen-bond donors (Lipinski definition) is 0. The number of allylic oxidation sites excluding steroid dienone is 4. The zero-order chi connectivity index (χ0) is 14.4. The quantitative estimate of drug-likeness (QED) is 0.358. The van der Waals surface area contributed by atoms with E-state index in [0.717, 1.165) is 18.4 Å². The van der Waals surface area contributed by atoms with E-state index < -0.39 is 12.0 Å². The summed E-state index contributed by atoms with van der Waals surface area (Å²) in [5.74, 6) is -0.395. The van der Waals surface area contributed by atoms with E-state index in [4.69, 9.17) is 0 Å². The van der Waals surface area contributed by atoms with Crippen molar-refractivity contribution in [3.8, 4) is 0 Å². The van der Waals surface area contributed by atoms with Gasteiger partial charge in [0.1, 0.15) is 0 Å². The molecule has 4 heteroatoms. The Morgan fingerprint density at radius 1 is 1.19 bits per heavy atom. The van der Waals surface area contributed by atoms with Crippen molar-refractivity contribution in [3.05, 3.63) is 23.8 Å². The summed E-state index contributed by atoms with van der Waals surface area (Å²) in [6, 6.07) is 0. The Labute approximate surface area is 145 Å². The molecule has 0 bridgehead atoms. The number of rotatable bonds is 6. The number of quaternary nitrogens is 1. The number of alkyl halides is 1. The van der Waals surface area contributed by atoms with Crippen LogP contribution in [0.5, 0.6) is 0 Å². The highest BCUT2D eigenvalue weighted by Crippen LogP contribution is 2.19. The fraction of sp³-hybridized carbons (Fsp3) is 0.706. The Morgan fingerprint density at radius 3 is 2.57 bits per heavy atom. The summed E-state index contributed by atoms with van der Waals surface area (Å²) in [6.07, 6.45) is 11.8. The molecule has 1 aliphatic carbocycles. The molecule has 2 aliphatic rings. The third kappa shape index (κ3) is 6.19. The molecule has 0 aromatic carbocycles. The Morgan fingerprint density at radius 2 is 1.90 bits per heavy atom. The van der Waals surface area contributed by atoms with Crippen LogP contribution in [0.1, 0.15) is 44.9 Å². The SMILES string of the molecule is C[N+]1(CCCCCC2=CC(=O)C(F)C=C2)CCCCC1.[I-]. The van der Waals surface area contributed by atoms with E-state index in [-0.39, 0.29) is 24.0 Å². The van der Waals surface area contributed by atoms with Crippen LogP contribution in [0, 0.1) is 0 Å². The van der Waals surface area contributed by atoms with E-state index in [1.165, 1.54) is 68.4 Å². The molecule has 2 rings (SSSR count). The van der Waals surface area contributed by atoms with Gasteiger partial charge in [0.15, 0.2) is 12.0 Å². The van der Waals surface area contributed by atoms with Crippen LogP contribution < -0.4 is 24.0 Å². The maximum absolute atomic E-state index is 13.0. The van der Waals surface area contributed by atoms with Crippen molar-refractivity contribution in [1.29, 1.82) is 0 Å². The maximum atomic E-state index is 13.0. The molecule has 0 aromatic rings. The predicted octanol–water partition coefficient (Wildman–Crippen LogP) is 0.585. The van der Waals surface area contributed by atoms with Gasteiger partial charge in [-0.15, -0.1) is 0 Å². The molecular formula is C17H27FINO. The highest BCUT2D eigenvalue weighted by molar-refractivity contribution is 5.97. The van der Waals surface area contributed by atoms with Crippen LogP contribution in [0.25, 0.3) is 0 Å². The van der Waals surface area contributed by atoms with Gasteiger partial charge in [-0.1, -0.05) is 6.08 Å². The first-order valence-electron chi connectivity index (χ1n) is 7.99. The lowest BCUT2D eigenvalue weighted by atomic mass is 9.99. The first kappa shape index (κ1) is 18.8. The number of ketones is 1. The van der Waals surface area contributed by atoms with Gasteiger partial charge in [0.2, 0.25) is 0 Å². The largest absolute Gasteiger partial charge is 1.00 e. The smallest absolute Gasteiger partial charge is 0.193 e. The molecule has 1 heterocycles. The van der Waals surface area contributed by atoms with Crippen LogP contribution >= 0.6 is 0 Å². The van der Waals surface area contributed by atoms with Gasteiger partial charge < -0.3 is 28.5 Å². The van der Waals surface area contributed by atoms with E-state index in [1.807, 2.05) is 0 Å². The average Bonchev–Trinajstić information content (AvgIpc) is 2.43. The number of carbonyl (C=O) groups is 1. The minimum Gasteiger partial charge on any atom is -1.00 e. The van der Waals surface area contributed by atoms with Gasteiger partial charge in [-0.25, -0.2) is 4.39 Å². The monoisotopic (exact) mass is 407 g/mol. The van der Waals surface area contributed by atoms with Crippen LogP contribution in [0.15, 0.2) is 23.8 Å². The molecule has 21 heavy (non-hydrogen) atoms. The minimum atomic E-state index is -1.41. The van der Waals surface area contributed by atoms with E-state index >= 15 is 0 Å². The lowest BCUT2D eigenvalue weighted by Crippen LogP contribution is -3.00. The predicted molar refractivity (Wildman–Crippen MR) is 80.2 cm³/mol. The van der Waals surface area contributed by atoms with Crippen molar-refractivity contribution in [2.45, 2.75) is 51.1 Å². The highest BCUT2D eigenvalue weighted by atomic mass is 127. The van der Waals surface area contributed by atoms with Crippen LogP contribution in [0.2, 0.25) is 0 Å². The highest BCUT2D eigenvalue weighted by Gasteiger charge is 2.23. The first-order valence-corrected chi connectivity index (χ1v) is 7.99. The van der Waals surface area contributed by atoms with Gasteiger partial charge >= 0.3 is 0 Å². The molecule has 0 spiro atoms. The Bertz CT molecular complexity index is 400. The molecule has 2 nitrogen and oxygen atoms in total. The third-order valence-corrected chi connectivity index (χ3v) is 4.64. The number of nitrogens with zero attached hydrogens (tertiary/aromatic N) is 1. The third-order valence-electron chi connectivity index (χ3n) is 4.64. The summed E-state index contributed by atoms with van der Waals surface area (Å²) in [6.45, 7) is 3.95. The molecule has 0 aromatic heterocycles. The molecule has 1 fully saturated rings. The van der Waals surface area contributed by atoms with E-state index in [0.29, 0.717) is 0 Å². The molecule has 0 amide bonds. The number of piperidine rings is 1. The second-order valence-corrected chi connectivity index (χ2v) is 6.54. The van der Waals surface area contributed by atoms with Crippen molar-refractivity contribution in [2.24, 2.45) is 0 Å². The number of carbonyl (C=O) groups excluding carboxylic acids is 1. The van der Waals surface area contributed by atoms with Crippen LogP contribution in [-0.4, -0.2) is 43.1 Å². The lowest BCUT2D eigenvalue weighted by Gasteiger charge is -2.37. The second kappa shape index (κ2) is 9.03. The molecule has 0 N–H and O–H groups in total. The van der Waals surface area contributed by atoms with Crippen molar-refractivity contribution in [3.63, 3.8) is 0 Å². The molecule has 1 aliphatic heterocycles. The fourth-order valence-electron chi connectivity index (χ4n) is 3.27. The van der Waals surface area contributed by atoms with E-state index in [2.05, 4.69) is 7.05 Å². The minimum absolute atomic E-state index is 0. The maximum Gasteiger partial charge on any atom is 0.193 e. The second-order valence-electron chi connectivity index (χ2n) is 6.54. The summed E-state index contributed by atoms with van der Waals surface area (Å²) in [7, 11) is 2.38. The first-order chi connectivity index (χ1) is 9.59. The standard InChI is InChI=1S/C17H27FNO.HI/c1-19(12-6-3-7-13-19)11-5-2-4-8-15-9-10-16(18)17(20)14-15;/h9-10,14,16H,2-8,11-13H2,1H3;1H/q+1;/p-1. The molecule has 0 saturated carbocycles. The van der Waals surface area contributed by atoms with Gasteiger partial charge in [-0.05, 0) is 62.7 Å². The molecular weight excluding hydrogens is 380 g/mol. The summed E-state index contributed by atoms with van der Waals surface area (Å²) >= 11 is 0. The molecule has 1 saturated heterocycles. The van der Waals surface area contributed by atoms with E-state index in [1.54, 1.807) is 6.08 Å². The Kier molecular flexibility index (Phi) is 8.09. The number of halogens is 2. The van der Waals surface area contributed by atoms with Gasteiger partial charge in [-0.2, -0.15) is 0 Å². The van der Waals surface area contributed by atoms with Crippen molar-refractivity contribution >= 4 is 5.78 Å². The van der Waals surface area contributed by atoms with Crippen molar-refractivity contribution < 1.29 is 37.6 Å². The van der Waals surface area contributed by atoms with Crippen molar-refractivity contribution in [2.75, 3.05) is 26.7 Å². The molecule has 1 unspecified atom stereocenters. The van der Waals surface area contributed by atoms with Crippen molar-refractivity contribution in [1.82, 2.24) is 0 Å².